The zero-order valence-electron chi connectivity index (χ0n) is 64.0. The van der Waals surface area contributed by atoms with Gasteiger partial charge in [-0.1, -0.05) is 79.8 Å². The van der Waals surface area contributed by atoms with Gasteiger partial charge in [-0.05, 0) is 50.2 Å². The van der Waals surface area contributed by atoms with Crippen LogP contribution < -0.4 is 55.7 Å². The number of rotatable bonds is 16. The Morgan fingerprint density at radius 2 is 1.04 bits per heavy atom. The first-order valence-corrected chi connectivity index (χ1v) is 36.9. The summed E-state index contributed by atoms with van der Waals surface area (Å²) in [5.41, 5.74) is 48.2. The predicted octanol–water partition coefficient (Wildman–Crippen LogP) is 8.89. The molecule has 0 radical (unpaired) electrons. The van der Waals surface area contributed by atoms with Gasteiger partial charge in [-0.3, -0.25) is 35.3 Å². The van der Waals surface area contributed by atoms with Crippen molar-refractivity contribution < 1.29 is 13.9 Å². The Bertz CT molecular complexity index is 6090. The van der Waals surface area contributed by atoms with Gasteiger partial charge in [0, 0.05) is 124 Å². The molecule has 16 rings (SSSR count). The van der Waals surface area contributed by atoms with Crippen molar-refractivity contribution in [1.82, 2.24) is 104 Å². The van der Waals surface area contributed by atoms with Gasteiger partial charge in [0.05, 0.1) is 85.1 Å². The fourth-order valence-electron chi connectivity index (χ4n) is 12.4. The Morgan fingerprint density at radius 1 is 0.535 bits per heavy atom. The molecule has 0 aliphatic carbocycles. The van der Waals surface area contributed by atoms with Crippen LogP contribution in [0.4, 0.5) is 61.8 Å². The number of halogens is 1. The van der Waals surface area contributed by atoms with Gasteiger partial charge in [-0.25, -0.2) is 63.6 Å². The third-order valence-corrected chi connectivity index (χ3v) is 20.3. The number of nitrogens with one attached hydrogen (secondary N) is 7. The minimum atomic E-state index is -0.546. The molecule has 19 N–H and O–H groups in total. The summed E-state index contributed by atoms with van der Waals surface area (Å²) in [5, 5.41) is 67.1. The molecule has 4 aromatic carbocycles. The summed E-state index contributed by atoms with van der Waals surface area (Å²) in [7, 11) is 12.6. The number of morpholine rings is 1. The first-order chi connectivity index (χ1) is 54.7. The number of thiophene rings is 1. The molecule has 584 valence electrons. The van der Waals surface area contributed by atoms with Crippen molar-refractivity contribution in [2.45, 2.75) is 34.2 Å². The number of ether oxygens (including phenoxy) is 1. The quantitative estimate of drug-likeness (QED) is 0.0401. The monoisotopic (exact) mass is 1570 g/mol. The first-order valence-electron chi connectivity index (χ1n) is 35.3. The van der Waals surface area contributed by atoms with E-state index in [1.165, 1.54) is 60.0 Å². The van der Waals surface area contributed by atoms with E-state index in [9.17, 15) is 9.18 Å². The van der Waals surface area contributed by atoms with Crippen molar-refractivity contribution in [3.05, 3.63) is 177 Å². The summed E-state index contributed by atoms with van der Waals surface area (Å²) in [4.78, 5) is 56.9. The summed E-state index contributed by atoms with van der Waals surface area (Å²) >= 11 is 2.92. The Labute approximate surface area is 659 Å². The molecule has 36 nitrogen and oxygen atoms in total. The number of nitrogen functional groups attached to an aromatic ring is 6. The average Bonchev–Trinajstić information content (AvgIpc) is 1.62. The van der Waals surface area contributed by atoms with Gasteiger partial charge < -0.3 is 60.4 Å². The van der Waals surface area contributed by atoms with Crippen molar-refractivity contribution >= 4 is 147 Å². The number of nitrogens with two attached hydrogens (primary N) is 6. The lowest BCUT2D eigenvalue weighted by atomic mass is 10.0. The number of carbonyl (C=O) groups is 1. The molecule has 1 fully saturated rings. The van der Waals surface area contributed by atoms with Crippen molar-refractivity contribution in [2.75, 3.05) is 103 Å². The van der Waals surface area contributed by atoms with Crippen LogP contribution in [-0.2, 0) is 44.3 Å². The van der Waals surface area contributed by atoms with Gasteiger partial charge in [-0.2, -0.15) is 20.4 Å². The standard InChI is InChI=1S/C16H17FN6O.C15H15N7.C15H17N7.C15H20N6OS.C14H14N8S/c1-8(2)16(24)21-11-5-4-9(6-10(11)17)13-12-14(18)19-7-20-15(12)23(3)22-13;1-8-10-5-4-9(6-11(10)19-21(8)2)13-12-14(16)17-7-18-15(12)22(3)20-13;1-8-10-5-4-9(6-11(10)22(3)21-8)13(16)12-14(17)19-7-20-15(12)18-2;1-18-15-12(14(17)19-9-20-15)13(16)11-3-2-10(23-11)8-21-4-6-22-7-5-21;1-18-12-9(11(16)19-6-20-12)10(15)7-2-4-8(5-3-7)13-21-22-14(17)23-13/h4-8H,1-3H3,(H,21,24)(H2,18,19,20);4-7H,1-3H3,(H2,16,17,18);4-7,16H,1-3H3,(H3,17,18,19,20);2-3,9,16H,4-8H2,1H3,(H3,17,18,19,20);2-6,15H,1H3,(H2,17,22)(H3,16,18,19,20). The van der Waals surface area contributed by atoms with E-state index in [0.29, 0.717) is 84.5 Å². The van der Waals surface area contributed by atoms with Crippen molar-refractivity contribution in [2.24, 2.45) is 34.1 Å². The zero-order valence-corrected chi connectivity index (χ0v) is 65.7. The van der Waals surface area contributed by atoms with Gasteiger partial charge in [0.2, 0.25) is 11.0 Å². The molecule has 1 saturated heterocycles. The highest BCUT2D eigenvalue weighted by atomic mass is 32.1. The summed E-state index contributed by atoms with van der Waals surface area (Å²) in [6, 6.07) is 27.8. The van der Waals surface area contributed by atoms with Crippen molar-refractivity contribution in [1.29, 1.82) is 16.2 Å². The second-order valence-corrected chi connectivity index (χ2v) is 28.3. The molecule has 39 heteroatoms. The molecule has 1 aliphatic heterocycles. The van der Waals surface area contributed by atoms with Gasteiger partial charge in [-0.15, -0.1) is 21.5 Å². The topological polar surface area (TPSA) is 531 Å². The lowest BCUT2D eigenvalue weighted by Gasteiger charge is -2.25. The Balaban J connectivity index is 0.000000132. The highest BCUT2D eigenvalue weighted by Crippen LogP contribution is 2.36. The summed E-state index contributed by atoms with van der Waals surface area (Å²) in [6.45, 7) is 11.9. The number of nitrogens with zero attached hydrogens (tertiary/aromatic N) is 21. The molecule has 0 saturated carbocycles. The largest absolute Gasteiger partial charge is 0.383 e. The van der Waals surface area contributed by atoms with E-state index in [2.05, 4.69) is 126 Å². The van der Waals surface area contributed by atoms with Crippen LogP contribution >= 0.6 is 22.7 Å². The number of hydrogen-bond acceptors (Lipinski definition) is 33. The van der Waals surface area contributed by atoms with Crippen LogP contribution in [0, 0.1) is 41.8 Å². The zero-order chi connectivity index (χ0) is 81.3. The Morgan fingerprint density at radius 3 is 1.57 bits per heavy atom. The minimum Gasteiger partial charge on any atom is -0.383 e. The molecule has 15 aromatic rings. The van der Waals surface area contributed by atoms with E-state index in [4.69, 9.17) is 55.4 Å². The molecule has 114 heavy (non-hydrogen) atoms. The summed E-state index contributed by atoms with van der Waals surface area (Å²) in [6.07, 6.45) is 6.95. The van der Waals surface area contributed by atoms with Crippen LogP contribution in [0.3, 0.4) is 0 Å². The van der Waals surface area contributed by atoms with Crippen LogP contribution in [0.25, 0.3) is 77.0 Å². The SMILES string of the molecule is CC(C)C(=O)Nc1ccc(-c2nn(C)c3ncnc(N)c23)cc1F.CNc1ncnc(N)c1C(=N)c1ccc(-c2nnc(N)s2)cc1.CNc1ncnc(N)c1C(=N)c1ccc(CN2CCOCC2)s1.CNc1ncnc(N)c1C(=N)c1ccc2c(C)nn(C)c2c1.Cc1c2ccc(-c3nn(C)c4ncnc(N)c34)cc2nn1C. The Hall–Kier alpha value is -14.1. The van der Waals surface area contributed by atoms with E-state index in [0.717, 1.165) is 109 Å². The maximum atomic E-state index is 14.4. The number of aromatic nitrogens is 20. The molecule has 12 heterocycles. The fraction of sp³-hybridized carbons (Fsp3) is 0.227. The molecule has 1 amide bonds. The molecule has 1 aliphatic rings. The van der Waals surface area contributed by atoms with Gasteiger partial charge in [0.15, 0.2) is 11.3 Å². The summed E-state index contributed by atoms with van der Waals surface area (Å²) in [5.74, 6) is 2.18. The third kappa shape index (κ3) is 17.0. The second-order valence-electron chi connectivity index (χ2n) is 26.1. The lowest BCUT2D eigenvalue weighted by molar-refractivity contribution is -0.118. The van der Waals surface area contributed by atoms with Crippen LogP contribution in [0.2, 0.25) is 0 Å². The Kier molecular flexibility index (Phi) is 24.0. The highest BCUT2D eigenvalue weighted by Gasteiger charge is 2.24. The van der Waals surface area contributed by atoms with Crippen LogP contribution in [0.5, 0.6) is 0 Å². The normalized spacial score (nSPS) is 11.9. The van der Waals surface area contributed by atoms with Gasteiger partial charge in [0.25, 0.3) is 0 Å². The van der Waals surface area contributed by atoms with Gasteiger partial charge in [0.1, 0.15) is 100 Å². The maximum absolute atomic E-state index is 14.4. The number of fused-ring (bicyclic) bond motifs is 4. The van der Waals surface area contributed by atoms with E-state index >= 15 is 0 Å². The van der Waals surface area contributed by atoms with Crippen LogP contribution in [0.15, 0.2) is 123 Å². The van der Waals surface area contributed by atoms with Gasteiger partial charge >= 0.3 is 0 Å². The smallest absolute Gasteiger partial charge is 0.227 e. The number of aryl methyl sites for hydroxylation is 6. The number of carbonyl (C=O) groups excluding carboxylic acids is 1. The maximum Gasteiger partial charge on any atom is 0.227 e. The highest BCUT2D eigenvalue weighted by molar-refractivity contribution is 7.18. The molecular formula is C75H83FN34O2S2. The molecule has 0 spiro atoms. The molecule has 0 unspecified atom stereocenters. The van der Waals surface area contributed by atoms with E-state index in [1.54, 1.807) is 68.8 Å². The third-order valence-electron chi connectivity index (χ3n) is 18.4. The predicted molar refractivity (Wildman–Crippen MR) is 446 cm³/mol. The van der Waals surface area contributed by atoms with Crippen LogP contribution in [-0.4, -0.2) is 175 Å². The number of amides is 1. The number of hydrogen-bond donors (Lipinski definition) is 13. The molecule has 0 bridgehead atoms. The van der Waals surface area contributed by atoms with Crippen LogP contribution in [0.1, 0.15) is 62.8 Å². The van der Waals surface area contributed by atoms with E-state index in [-0.39, 0.29) is 46.4 Å². The minimum absolute atomic E-state index is 0.127. The summed E-state index contributed by atoms with van der Waals surface area (Å²) < 4.78 is 26.7. The number of benzene rings is 4. The second kappa shape index (κ2) is 34.5. The van der Waals surface area contributed by atoms with Crippen molar-refractivity contribution in [3.8, 4) is 33.1 Å². The fourth-order valence-corrected chi connectivity index (χ4v) is 14.0. The van der Waals surface area contributed by atoms with E-state index in [1.807, 2.05) is 98.1 Å². The molecule has 0 atom stereocenters. The first kappa shape index (κ1) is 79.5. The molecule has 11 aromatic heterocycles. The molecular weight excluding hydrogens is 1490 g/mol. The van der Waals surface area contributed by atoms with E-state index < -0.39 is 5.82 Å². The lowest BCUT2D eigenvalue weighted by Crippen LogP contribution is -2.35. The van der Waals surface area contributed by atoms with Crippen molar-refractivity contribution in [3.63, 3.8) is 0 Å². The average molecular weight is 1580 g/mol. The number of anilines is 10.